The molecule has 1 aromatic heterocycles. The van der Waals surface area contributed by atoms with Gasteiger partial charge in [0.25, 0.3) is 0 Å². The summed E-state index contributed by atoms with van der Waals surface area (Å²) >= 11 is 1.97. The Kier molecular flexibility index (Phi) is 3.48. The number of nitrogens with zero attached hydrogens (tertiary/aromatic N) is 1. The highest BCUT2D eigenvalue weighted by molar-refractivity contribution is 14.1. The van der Waals surface area contributed by atoms with Crippen LogP contribution in [0.25, 0.3) is 10.9 Å². The van der Waals surface area contributed by atoms with Crippen molar-refractivity contribution in [3.05, 3.63) is 75.2 Å². The van der Waals surface area contributed by atoms with E-state index in [1.54, 1.807) is 18.3 Å². The number of hydrogen-bond acceptors (Lipinski definition) is 2. The second kappa shape index (κ2) is 5.28. The number of carbonyl (C=O) groups is 1. The number of carbonyl (C=O) groups excluding carboxylic acids is 1. The van der Waals surface area contributed by atoms with E-state index in [1.807, 2.05) is 40.8 Å². The molecule has 0 aliphatic rings. The maximum Gasteiger partial charge on any atom is 0.194 e. The Labute approximate surface area is 128 Å². The smallest absolute Gasteiger partial charge is 0.194 e. The molecule has 0 radical (unpaired) electrons. The highest BCUT2D eigenvalue weighted by Crippen LogP contribution is 2.20. The van der Waals surface area contributed by atoms with Gasteiger partial charge in [0.15, 0.2) is 5.78 Å². The number of fused-ring (bicyclic) bond motifs is 1. The second-order valence-electron chi connectivity index (χ2n) is 4.36. The van der Waals surface area contributed by atoms with Crippen LogP contribution in [0.4, 0.5) is 4.39 Å². The Morgan fingerprint density at radius 2 is 1.95 bits per heavy atom. The molecule has 0 saturated carbocycles. The number of benzene rings is 2. The van der Waals surface area contributed by atoms with E-state index >= 15 is 0 Å². The molecule has 0 spiro atoms. The zero-order valence-corrected chi connectivity index (χ0v) is 12.5. The van der Waals surface area contributed by atoms with Crippen LogP contribution < -0.4 is 0 Å². The minimum absolute atomic E-state index is 0.123. The molecule has 20 heavy (non-hydrogen) atoms. The summed E-state index contributed by atoms with van der Waals surface area (Å²) < 4.78 is 13.7. The zero-order valence-electron chi connectivity index (χ0n) is 10.3. The fourth-order valence-corrected chi connectivity index (χ4v) is 2.76. The SMILES string of the molecule is O=C(c1ccc2cccnc2c1)c1ccc(F)cc1I. The fraction of sp³-hybridized carbons (Fsp3) is 0. The highest BCUT2D eigenvalue weighted by Gasteiger charge is 2.13. The molecule has 0 saturated heterocycles. The molecular weight excluding hydrogens is 368 g/mol. The molecule has 3 aromatic rings. The van der Waals surface area contributed by atoms with Crippen molar-refractivity contribution in [3.63, 3.8) is 0 Å². The van der Waals surface area contributed by atoms with E-state index in [4.69, 9.17) is 0 Å². The van der Waals surface area contributed by atoms with Crippen molar-refractivity contribution in [2.24, 2.45) is 0 Å². The number of rotatable bonds is 2. The maximum atomic E-state index is 13.1. The third-order valence-corrected chi connectivity index (χ3v) is 3.94. The van der Waals surface area contributed by atoms with Crippen LogP contribution in [0.1, 0.15) is 15.9 Å². The van der Waals surface area contributed by atoms with Crippen molar-refractivity contribution in [3.8, 4) is 0 Å². The van der Waals surface area contributed by atoms with Crippen LogP contribution in [0.2, 0.25) is 0 Å². The molecule has 2 aromatic carbocycles. The maximum absolute atomic E-state index is 13.1. The van der Waals surface area contributed by atoms with E-state index in [0.29, 0.717) is 14.7 Å². The Balaban J connectivity index is 2.08. The summed E-state index contributed by atoms with van der Waals surface area (Å²) in [6.07, 6.45) is 1.69. The fourth-order valence-electron chi connectivity index (χ4n) is 2.04. The molecule has 98 valence electrons. The Bertz CT molecular complexity index is 816. The predicted octanol–water partition coefficient (Wildman–Crippen LogP) is 4.21. The zero-order chi connectivity index (χ0) is 14.1. The molecule has 0 aliphatic heterocycles. The van der Waals surface area contributed by atoms with Gasteiger partial charge in [-0.3, -0.25) is 9.78 Å². The molecule has 1 heterocycles. The van der Waals surface area contributed by atoms with Gasteiger partial charge in [-0.05, 0) is 52.9 Å². The van der Waals surface area contributed by atoms with Gasteiger partial charge in [-0.2, -0.15) is 0 Å². The van der Waals surface area contributed by atoms with Gasteiger partial charge in [0, 0.05) is 26.3 Å². The largest absolute Gasteiger partial charge is 0.289 e. The monoisotopic (exact) mass is 377 g/mol. The molecule has 0 aliphatic carbocycles. The van der Waals surface area contributed by atoms with E-state index in [2.05, 4.69) is 4.98 Å². The van der Waals surface area contributed by atoms with Gasteiger partial charge in [-0.15, -0.1) is 0 Å². The Morgan fingerprint density at radius 3 is 2.75 bits per heavy atom. The first-order chi connectivity index (χ1) is 9.65. The summed E-state index contributed by atoms with van der Waals surface area (Å²) in [5.74, 6) is -0.465. The number of pyridine rings is 1. The summed E-state index contributed by atoms with van der Waals surface area (Å²) in [6.45, 7) is 0. The van der Waals surface area contributed by atoms with Crippen molar-refractivity contribution < 1.29 is 9.18 Å². The standard InChI is InChI=1S/C16H9FINO/c17-12-5-6-13(14(18)9-12)16(20)11-4-3-10-2-1-7-19-15(10)8-11/h1-9H. The van der Waals surface area contributed by atoms with Crippen LogP contribution in [0.5, 0.6) is 0 Å². The van der Waals surface area contributed by atoms with Gasteiger partial charge in [-0.1, -0.05) is 18.2 Å². The highest BCUT2D eigenvalue weighted by atomic mass is 127. The van der Waals surface area contributed by atoms with Crippen molar-refractivity contribution in [2.75, 3.05) is 0 Å². The first kappa shape index (κ1) is 13.2. The van der Waals surface area contributed by atoms with Gasteiger partial charge < -0.3 is 0 Å². The molecule has 0 fully saturated rings. The van der Waals surface area contributed by atoms with E-state index in [1.165, 1.54) is 18.2 Å². The van der Waals surface area contributed by atoms with E-state index in [9.17, 15) is 9.18 Å². The summed E-state index contributed by atoms with van der Waals surface area (Å²) in [5.41, 5.74) is 1.83. The first-order valence-electron chi connectivity index (χ1n) is 6.00. The lowest BCUT2D eigenvalue weighted by Gasteiger charge is -2.05. The third kappa shape index (κ3) is 2.43. The average molecular weight is 377 g/mol. The minimum Gasteiger partial charge on any atom is -0.289 e. The molecule has 4 heteroatoms. The van der Waals surface area contributed by atoms with Crippen molar-refractivity contribution >= 4 is 39.3 Å². The summed E-state index contributed by atoms with van der Waals surface area (Å²) in [7, 11) is 0. The van der Waals surface area contributed by atoms with Crippen molar-refractivity contribution in [1.82, 2.24) is 4.98 Å². The van der Waals surface area contributed by atoms with Gasteiger partial charge in [-0.25, -0.2) is 4.39 Å². The van der Waals surface area contributed by atoms with Crippen LogP contribution in [0.15, 0.2) is 54.7 Å². The topological polar surface area (TPSA) is 30.0 Å². The van der Waals surface area contributed by atoms with E-state index in [0.717, 1.165) is 10.9 Å². The van der Waals surface area contributed by atoms with Gasteiger partial charge in [0.2, 0.25) is 0 Å². The molecule has 0 N–H and O–H groups in total. The van der Waals surface area contributed by atoms with Gasteiger partial charge in [0.05, 0.1) is 5.52 Å². The number of halogens is 2. The van der Waals surface area contributed by atoms with Crippen LogP contribution in [-0.2, 0) is 0 Å². The molecule has 0 atom stereocenters. The number of aromatic nitrogens is 1. The van der Waals surface area contributed by atoms with Crippen molar-refractivity contribution in [2.45, 2.75) is 0 Å². The minimum atomic E-state index is -0.342. The number of hydrogen-bond donors (Lipinski definition) is 0. The van der Waals surface area contributed by atoms with Gasteiger partial charge >= 0.3 is 0 Å². The van der Waals surface area contributed by atoms with Crippen LogP contribution in [0, 0.1) is 9.39 Å². The van der Waals surface area contributed by atoms with E-state index < -0.39 is 0 Å². The lowest BCUT2D eigenvalue weighted by Crippen LogP contribution is -2.04. The predicted molar refractivity (Wildman–Crippen MR) is 84.3 cm³/mol. The molecule has 2 nitrogen and oxygen atoms in total. The quantitative estimate of drug-likeness (QED) is 0.495. The van der Waals surface area contributed by atoms with E-state index in [-0.39, 0.29) is 11.6 Å². The molecule has 0 bridgehead atoms. The number of ketones is 1. The van der Waals surface area contributed by atoms with Crippen LogP contribution in [-0.4, -0.2) is 10.8 Å². The van der Waals surface area contributed by atoms with Crippen molar-refractivity contribution in [1.29, 1.82) is 0 Å². The lowest BCUT2D eigenvalue weighted by molar-refractivity contribution is 0.103. The first-order valence-corrected chi connectivity index (χ1v) is 7.07. The Morgan fingerprint density at radius 1 is 1.10 bits per heavy atom. The third-order valence-electron chi connectivity index (χ3n) is 3.04. The second-order valence-corrected chi connectivity index (χ2v) is 5.53. The lowest BCUT2D eigenvalue weighted by atomic mass is 10.0. The van der Waals surface area contributed by atoms with Crippen LogP contribution in [0.3, 0.4) is 0 Å². The normalized spacial score (nSPS) is 10.7. The molecular formula is C16H9FINO. The van der Waals surface area contributed by atoms with Crippen LogP contribution >= 0.6 is 22.6 Å². The van der Waals surface area contributed by atoms with Gasteiger partial charge in [0.1, 0.15) is 5.82 Å². The molecule has 0 amide bonds. The Hall–Kier alpha value is -1.82. The molecule has 3 rings (SSSR count). The summed E-state index contributed by atoms with van der Waals surface area (Å²) in [5, 5.41) is 0.984. The average Bonchev–Trinajstić information content (AvgIpc) is 2.46. The summed E-state index contributed by atoms with van der Waals surface area (Å²) in [4.78, 5) is 16.7. The summed E-state index contributed by atoms with van der Waals surface area (Å²) in [6, 6.07) is 13.4. The molecule has 0 unspecified atom stereocenters.